The number of morpholine rings is 1. The molecule has 2 nitrogen and oxygen atoms in total. The molecule has 1 aromatic rings. The van der Waals surface area contributed by atoms with Gasteiger partial charge in [-0.3, -0.25) is 0 Å². The van der Waals surface area contributed by atoms with Gasteiger partial charge in [-0.1, -0.05) is 17.7 Å². The van der Waals surface area contributed by atoms with E-state index < -0.39 is 0 Å². The lowest BCUT2D eigenvalue weighted by Crippen LogP contribution is -2.30. The maximum absolute atomic E-state index is 5.94. The molecule has 2 unspecified atom stereocenters. The van der Waals surface area contributed by atoms with Crippen LogP contribution in [-0.2, 0) is 4.74 Å². The molecule has 0 aliphatic carbocycles. The number of hydrogen-bond acceptors (Lipinski definition) is 2. The SMILES string of the molecule is Clc1ccc2c(c1)C1CNCC2O1. The Morgan fingerprint density at radius 2 is 2.00 bits per heavy atom. The van der Waals surface area contributed by atoms with Crippen molar-refractivity contribution in [3.8, 4) is 0 Å². The van der Waals surface area contributed by atoms with Crippen LogP contribution in [0.2, 0.25) is 5.02 Å². The maximum Gasteiger partial charge on any atom is 0.0962 e. The number of fused-ring (bicyclic) bond motifs is 5. The lowest BCUT2D eigenvalue weighted by molar-refractivity contribution is -0.0149. The minimum absolute atomic E-state index is 0.215. The summed E-state index contributed by atoms with van der Waals surface area (Å²) >= 11 is 5.94. The third kappa shape index (κ3) is 1.10. The van der Waals surface area contributed by atoms with E-state index in [0.29, 0.717) is 0 Å². The van der Waals surface area contributed by atoms with Gasteiger partial charge in [0.15, 0.2) is 0 Å². The average Bonchev–Trinajstić information content (AvgIpc) is 2.39. The zero-order valence-corrected chi connectivity index (χ0v) is 7.84. The normalized spacial score (nSPS) is 30.2. The Kier molecular flexibility index (Phi) is 1.62. The fourth-order valence-corrected chi connectivity index (χ4v) is 2.30. The van der Waals surface area contributed by atoms with Gasteiger partial charge in [0, 0.05) is 18.1 Å². The van der Waals surface area contributed by atoms with Gasteiger partial charge >= 0.3 is 0 Å². The minimum atomic E-state index is 0.215. The Hall–Kier alpha value is -0.570. The monoisotopic (exact) mass is 195 g/mol. The summed E-state index contributed by atoms with van der Waals surface area (Å²) in [5, 5.41) is 4.15. The summed E-state index contributed by atoms with van der Waals surface area (Å²) in [4.78, 5) is 0. The molecule has 3 rings (SSSR count). The fourth-order valence-electron chi connectivity index (χ4n) is 2.12. The van der Waals surface area contributed by atoms with Crippen LogP contribution >= 0.6 is 11.6 Å². The summed E-state index contributed by atoms with van der Waals surface area (Å²) in [6, 6.07) is 6.04. The second kappa shape index (κ2) is 2.71. The third-order valence-electron chi connectivity index (χ3n) is 2.73. The lowest BCUT2D eigenvalue weighted by atomic mass is 10.0. The standard InChI is InChI=1S/C10H10ClNO/c11-6-1-2-7-8(3-6)10-5-12-4-9(7)13-10/h1-3,9-10,12H,4-5H2. The topological polar surface area (TPSA) is 21.3 Å². The Labute approximate surface area is 81.8 Å². The predicted octanol–water partition coefficient (Wildman–Crippen LogP) is 2.06. The number of hydrogen-bond donors (Lipinski definition) is 1. The summed E-state index contributed by atoms with van der Waals surface area (Å²) in [5.74, 6) is 0. The fraction of sp³-hybridized carbons (Fsp3) is 0.400. The molecule has 0 radical (unpaired) electrons. The first-order valence-corrected chi connectivity index (χ1v) is 4.88. The lowest BCUT2D eigenvalue weighted by Gasteiger charge is -2.21. The number of benzene rings is 1. The molecule has 0 spiro atoms. The van der Waals surface area contributed by atoms with Crippen molar-refractivity contribution < 1.29 is 4.74 Å². The molecular weight excluding hydrogens is 186 g/mol. The number of nitrogens with one attached hydrogen (secondary N) is 1. The van der Waals surface area contributed by atoms with Crippen molar-refractivity contribution in [1.82, 2.24) is 5.32 Å². The van der Waals surface area contributed by atoms with Crippen molar-refractivity contribution in [2.45, 2.75) is 12.2 Å². The number of ether oxygens (including phenoxy) is 1. The maximum atomic E-state index is 5.94. The van der Waals surface area contributed by atoms with E-state index in [2.05, 4.69) is 11.4 Å². The van der Waals surface area contributed by atoms with Gasteiger partial charge in [-0.15, -0.1) is 0 Å². The van der Waals surface area contributed by atoms with Crippen molar-refractivity contribution in [1.29, 1.82) is 0 Å². The molecule has 0 amide bonds. The van der Waals surface area contributed by atoms with Crippen LogP contribution in [0.25, 0.3) is 0 Å². The molecule has 1 fully saturated rings. The van der Waals surface area contributed by atoms with Gasteiger partial charge in [-0.2, -0.15) is 0 Å². The van der Waals surface area contributed by atoms with Crippen molar-refractivity contribution in [3.63, 3.8) is 0 Å². The molecule has 0 aromatic heterocycles. The highest BCUT2D eigenvalue weighted by Crippen LogP contribution is 2.41. The molecule has 1 saturated heterocycles. The van der Waals surface area contributed by atoms with Gasteiger partial charge < -0.3 is 10.1 Å². The van der Waals surface area contributed by atoms with Crippen LogP contribution in [-0.4, -0.2) is 13.1 Å². The van der Waals surface area contributed by atoms with E-state index >= 15 is 0 Å². The molecular formula is C10H10ClNO. The highest BCUT2D eigenvalue weighted by molar-refractivity contribution is 6.30. The first-order chi connectivity index (χ1) is 6.34. The van der Waals surface area contributed by atoms with Gasteiger partial charge in [-0.25, -0.2) is 0 Å². The van der Waals surface area contributed by atoms with Crippen LogP contribution in [0.5, 0.6) is 0 Å². The molecule has 1 aromatic carbocycles. The van der Waals surface area contributed by atoms with Crippen LogP contribution in [0.3, 0.4) is 0 Å². The Balaban J connectivity index is 2.15. The first-order valence-electron chi connectivity index (χ1n) is 4.50. The largest absolute Gasteiger partial charge is 0.363 e. The smallest absolute Gasteiger partial charge is 0.0962 e. The van der Waals surface area contributed by atoms with Crippen molar-refractivity contribution in [2.24, 2.45) is 0 Å². The van der Waals surface area contributed by atoms with Crippen molar-refractivity contribution in [2.75, 3.05) is 13.1 Å². The molecule has 2 aliphatic rings. The quantitative estimate of drug-likeness (QED) is 0.684. The van der Waals surface area contributed by atoms with Gasteiger partial charge in [0.1, 0.15) is 0 Å². The molecule has 2 bridgehead atoms. The number of rotatable bonds is 0. The molecule has 1 N–H and O–H groups in total. The minimum Gasteiger partial charge on any atom is -0.363 e. The molecule has 2 atom stereocenters. The second-order valence-corrected chi connectivity index (χ2v) is 3.98. The van der Waals surface area contributed by atoms with Crippen molar-refractivity contribution in [3.05, 3.63) is 34.3 Å². The summed E-state index contributed by atoms with van der Waals surface area (Å²) in [5.41, 5.74) is 2.57. The highest BCUT2D eigenvalue weighted by atomic mass is 35.5. The van der Waals surface area contributed by atoms with Crippen molar-refractivity contribution >= 4 is 11.6 Å². The third-order valence-corrected chi connectivity index (χ3v) is 2.97. The van der Waals surface area contributed by atoms with Crippen LogP contribution in [0.15, 0.2) is 18.2 Å². The predicted molar refractivity (Wildman–Crippen MR) is 50.9 cm³/mol. The summed E-state index contributed by atoms with van der Waals surface area (Å²) < 4.78 is 5.80. The van der Waals surface area contributed by atoms with E-state index in [9.17, 15) is 0 Å². The number of halogens is 1. The Bertz CT molecular complexity index is 353. The Morgan fingerprint density at radius 3 is 2.85 bits per heavy atom. The van der Waals surface area contributed by atoms with Gasteiger partial charge in [0.05, 0.1) is 12.2 Å². The molecule has 2 heterocycles. The van der Waals surface area contributed by atoms with Crippen LogP contribution in [0.1, 0.15) is 23.3 Å². The van der Waals surface area contributed by atoms with Gasteiger partial charge in [0.2, 0.25) is 0 Å². The van der Waals surface area contributed by atoms with Crippen LogP contribution in [0.4, 0.5) is 0 Å². The average molecular weight is 196 g/mol. The van der Waals surface area contributed by atoms with Crippen LogP contribution < -0.4 is 5.32 Å². The van der Waals surface area contributed by atoms with Gasteiger partial charge in [0.25, 0.3) is 0 Å². The highest BCUT2D eigenvalue weighted by Gasteiger charge is 2.34. The Morgan fingerprint density at radius 1 is 1.23 bits per heavy atom. The molecule has 3 heteroatoms. The van der Waals surface area contributed by atoms with E-state index in [1.54, 1.807) is 0 Å². The first kappa shape index (κ1) is 7.80. The zero-order chi connectivity index (χ0) is 8.84. The van der Waals surface area contributed by atoms with E-state index in [4.69, 9.17) is 16.3 Å². The molecule has 68 valence electrons. The summed E-state index contributed by atoms with van der Waals surface area (Å²) in [7, 11) is 0. The van der Waals surface area contributed by atoms with E-state index in [1.165, 1.54) is 11.1 Å². The zero-order valence-electron chi connectivity index (χ0n) is 7.09. The van der Waals surface area contributed by atoms with E-state index in [-0.39, 0.29) is 12.2 Å². The summed E-state index contributed by atoms with van der Waals surface area (Å²) in [6.45, 7) is 1.83. The second-order valence-electron chi connectivity index (χ2n) is 3.54. The molecule has 2 aliphatic heterocycles. The van der Waals surface area contributed by atoms with E-state index in [0.717, 1.165) is 18.1 Å². The molecule has 13 heavy (non-hydrogen) atoms. The van der Waals surface area contributed by atoms with E-state index in [1.807, 2.05) is 12.1 Å². The van der Waals surface area contributed by atoms with Crippen LogP contribution in [0, 0.1) is 0 Å². The molecule has 0 saturated carbocycles. The summed E-state index contributed by atoms with van der Waals surface area (Å²) in [6.07, 6.45) is 0.457. The van der Waals surface area contributed by atoms with Gasteiger partial charge in [-0.05, 0) is 23.3 Å².